The number of benzene rings is 2. The van der Waals surface area contributed by atoms with Crippen molar-refractivity contribution in [2.45, 2.75) is 51.7 Å². The highest BCUT2D eigenvalue weighted by Crippen LogP contribution is 2.31. The molecule has 0 aliphatic rings. The Balaban J connectivity index is 2.28. The minimum Gasteiger partial charge on any atom is -0.462 e. The molecule has 0 saturated heterocycles. The van der Waals surface area contributed by atoms with E-state index in [2.05, 4.69) is 10.1 Å². The number of carbonyl (C=O) groups is 2. The van der Waals surface area contributed by atoms with Gasteiger partial charge in [-0.3, -0.25) is 0 Å². The summed E-state index contributed by atoms with van der Waals surface area (Å²) in [6, 6.07) is 15.2. The molecular weight excluding hydrogens is 392 g/mol. The Kier molecular flexibility index (Phi) is 7.54. The first-order valence-corrected chi connectivity index (χ1v) is 9.72. The van der Waals surface area contributed by atoms with Gasteiger partial charge in [-0.1, -0.05) is 54.6 Å². The number of rotatable bonds is 7. The molecule has 30 heavy (non-hydrogen) atoms. The number of hydrogen-bond donors (Lipinski definition) is 1. The maximum Gasteiger partial charge on any atom is 0.408 e. The van der Waals surface area contributed by atoms with Gasteiger partial charge in [0.05, 0.1) is 12.6 Å². The van der Waals surface area contributed by atoms with E-state index in [-0.39, 0.29) is 6.61 Å². The average molecular weight is 419 g/mol. The average Bonchev–Trinajstić information content (AvgIpc) is 2.67. The molecule has 2 rings (SSSR count). The second kappa shape index (κ2) is 9.69. The highest BCUT2D eigenvalue weighted by Gasteiger charge is 2.43. The van der Waals surface area contributed by atoms with E-state index in [1.165, 1.54) is 6.92 Å². The summed E-state index contributed by atoms with van der Waals surface area (Å²) < 4.78 is 38.5. The molecule has 0 heterocycles. The van der Waals surface area contributed by atoms with E-state index in [9.17, 15) is 18.4 Å². The predicted molar refractivity (Wildman–Crippen MR) is 110 cm³/mol. The standard InChI is InChI=1S/C23H27F2NO4/c1-5-29-20(27)23(24,25)15-19(26-21(28)30-22(2,3)4)18-13-11-17(12-14-18)16-9-7-6-8-10-16/h6-14,19H,5,15H2,1-4H3,(H,26,28). The Morgan fingerprint density at radius 3 is 2.07 bits per heavy atom. The Morgan fingerprint density at radius 2 is 1.53 bits per heavy atom. The number of alkyl halides is 2. The van der Waals surface area contributed by atoms with Crippen molar-refractivity contribution in [3.05, 3.63) is 60.2 Å². The zero-order valence-electron chi connectivity index (χ0n) is 17.6. The lowest BCUT2D eigenvalue weighted by Crippen LogP contribution is -2.40. The Hall–Kier alpha value is -2.96. The second-order valence-electron chi connectivity index (χ2n) is 7.82. The van der Waals surface area contributed by atoms with E-state index in [0.29, 0.717) is 5.56 Å². The van der Waals surface area contributed by atoms with Crippen LogP contribution < -0.4 is 5.32 Å². The normalized spacial score (nSPS) is 12.7. The molecule has 0 radical (unpaired) electrons. The van der Waals surface area contributed by atoms with E-state index in [4.69, 9.17) is 4.74 Å². The van der Waals surface area contributed by atoms with Gasteiger partial charge in [0.1, 0.15) is 5.60 Å². The Bertz CT molecular complexity index is 846. The van der Waals surface area contributed by atoms with Crippen LogP contribution in [0, 0.1) is 0 Å². The fraction of sp³-hybridized carbons (Fsp3) is 0.391. The summed E-state index contributed by atoms with van der Waals surface area (Å²) in [7, 11) is 0. The number of esters is 1. The molecule has 1 atom stereocenters. The first-order chi connectivity index (χ1) is 14.0. The van der Waals surface area contributed by atoms with E-state index in [0.717, 1.165) is 11.1 Å². The fourth-order valence-electron chi connectivity index (χ4n) is 2.82. The summed E-state index contributed by atoms with van der Waals surface area (Å²) in [5.74, 6) is -5.39. The van der Waals surface area contributed by atoms with Gasteiger partial charge in [0.2, 0.25) is 0 Å². The van der Waals surface area contributed by atoms with Crippen LogP contribution >= 0.6 is 0 Å². The molecule has 2 aromatic rings. The zero-order valence-corrected chi connectivity index (χ0v) is 17.6. The van der Waals surface area contributed by atoms with Crippen molar-refractivity contribution in [2.24, 2.45) is 0 Å². The van der Waals surface area contributed by atoms with Crippen LogP contribution in [0.15, 0.2) is 54.6 Å². The van der Waals surface area contributed by atoms with Crippen molar-refractivity contribution in [3.63, 3.8) is 0 Å². The number of nitrogens with one attached hydrogen (secondary N) is 1. The van der Waals surface area contributed by atoms with Crippen molar-refractivity contribution in [1.29, 1.82) is 0 Å². The van der Waals surface area contributed by atoms with Crippen molar-refractivity contribution < 1.29 is 27.8 Å². The number of amides is 1. The Morgan fingerprint density at radius 1 is 0.967 bits per heavy atom. The summed E-state index contributed by atoms with van der Waals surface area (Å²) in [5, 5.41) is 2.45. The van der Waals surface area contributed by atoms with Gasteiger partial charge in [0.15, 0.2) is 0 Å². The van der Waals surface area contributed by atoms with Crippen LogP contribution in [-0.2, 0) is 14.3 Å². The maximum atomic E-state index is 14.4. The van der Waals surface area contributed by atoms with Crippen molar-refractivity contribution in [2.75, 3.05) is 6.61 Å². The third-order valence-corrected chi connectivity index (χ3v) is 4.15. The highest BCUT2D eigenvalue weighted by molar-refractivity contribution is 5.78. The van der Waals surface area contributed by atoms with Crippen molar-refractivity contribution in [1.82, 2.24) is 5.32 Å². The first-order valence-electron chi connectivity index (χ1n) is 9.72. The molecule has 1 N–H and O–H groups in total. The molecular formula is C23H27F2NO4. The molecule has 2 aromatic carbocycles. The van der Waals surface area contributed by atoms with Crippen LogP contribution in [0.3, 0.4) is 0 Å². The highest BCUT2D eigenvalue weighted by atomic mass is 19.3. The van der Waals surface area contributed by atoms with Gasteiger partial charge in [-0.25, -0.2) is 9.59 Å². The van der Waals surface area contributed by atoms with E-state index >= 15 is 0 Å². The molecule has 7 heteroatoms. The van der Waals surface area contributed by atoms with Crippen LogP contribution in [0.1, 0.15) is 45.7 Å². The van der Waals surface area contributed by atoms with Crippen molar-refractivity contribution in [3.8, 4) is 11.1 Å². The minimum absolute atomic E-state index is 0.162. The maximum absolute atomic E-state index is 14.4. The van der Waals surface area contributed by atoms with Gasteiger partial charge < -0.3 is 14.8 Å². The summed E-state index contributed by atoms with van der Waals surface area (Å²) in [4.78, 5) is 23.9. The van der Waals surface area contributed by atoms with Crippen LogP contribution in [-0.4, -0.2) is 30.2 Å². The zero-order chi connectivity index (χ0) is 22.4. The largest absolute Gasteiger partial charge is 0.462 e. The number of hydrogen-bond acceptors (Lipinski definition) is 4. The molecule has 0 bridgehead atoms. The third-order valence-electron chi connectivity index (χ3n) is 4.15. The molecule has 0 aliphatic heterocycles. The van der Waals surface area contributed by atoms with E-state index in [1.54, 1.807) is 45.0 Å². The molecule has 0 aromatic heterocycles. The monoisotopic (exact) mass is 419 g/mol. The summed E-state index contributed by atoms with van der Waals surface area (Å²) in [6.45, 7) is 6.30. The molecule has 1 unspecified atom stereocenters. The molecule has 162 valence electrons. The molecule has 0 spiro atoms. The second-order valence-corrected chi connectivity index (χ2v) is 7.82. The Labute approximate surface area is 175 Å². The molecule has 1 amide bonds. The summed E-state index contributed by atoms with van der Waals surface area (Å²) in [5.41, 5.74) is 1.49. The number of carbonyl (C=O) groups excluding carboxylic acids is 2. The lowest BCUT2D eigenvalue weighted by atomic mass is 9.97. The first kappa shape index (κ1) is 23.3. The summed E-state index contributed by atoms with van der Waals surface area (Å²) >= 11 is 0. The molecule has 5 nitrogen and oxygen atoms in total. The molecule has 0 fully saturated rings. The smallest absolute Gasteiger partial charge is 0.408 e. The number of ether oxygens (including phenoxy) is 2. The van der Waals surface area contributed by atoms with E-state index in [1.807, 2.05) is 30.3 Å². The quantitative estimate of drug-likeness (QED) is 0.601. The lowest BCUT2D eigenvalue weighted by molar-refractivity contribution is -0.173. The third kappa shape index (κ3) is 6.83. The number of alkyl carbamates (subject to hydrolysis) is 1. The number of halogens is 2. The van der Waals surface area contributed by atoms with Crippen LogP contribution in [0.2, 0.25) is 0 Å². The lowest BCUT2D eigenvalue weighted by Gasteiger charge is -2.26. The summed E-state index contributed by atoms with van der Waals surface area (Å²) in [6.07, 6.45) is -1.80. The van der Waals surface area contributed by atoms with Crippen LogP contribution in [0.5, 0.6) is 0 Å². The van der Waals surface area contributed by atoms with Gasteiger partial charge >= 0.3 is 18.0 Å². The topological polar surface area (TPSA) is 64.6 Å². The van der Waals surface area contributed by atoms with Gasteiger partial charge in [-0.15, -0.1) is 0 Å². The minimum atomic E-state index is -3.77. The van der Waals surface area contributed by atoms with Crippen LogP contribution in [0.25, 0.3) is 11.1 Å². The fourth-order valence-corrected chi connectivity index (χ4v) is 2.82. The molecule has 0 aliphatic carbocycles. The van der Waals surface area contributed by atoms with Gasteiger partial charge in [-0.2, -0.15) is 8.78 Å². The van der Waals surface area contributed by atoms with Gasteiger partial charge in [0.25, 0.3) is 0 Å². The van der Waals surface area contributed by atoms with Gasteiger partial charge in [0, 0.05) is 6.42 Å². The molecule has 0 saturated carbocycles. The van der Waals surface area contributed by atoms with E-state index < -0.39 is 36.0 Å². The predicted octanol–water partition coefficient (Wildman–Crippen LogP) is 5.51. The van der Waals surface area contributed by atoms with Gasteiger partial charge in [-0.05, 0) is 44.4 Å². The van der Waals surface area contributed by atoms with Crippen LogP contribution in [0.4, 0.5) is 13.6 Å². The SMILES string of the molecule is CCOC(=O)C(F)(F)CC(NC(=O)OC(C)(C)C)c1ccc(-c2ccccc2)cc1. The van der Waals surface area contributed by atoms with Crippen molar-refractivity contribution >= 4 is 12.1 Å².